The van der Waals surface area contributed by atoms with Gasteiger partial charge in [-0.3, -0.25) is 8.91 Å². The number of nitrogens with zero attached hydrogens (tertiary/aromatic N) is 3. The summed E-state index contributed by atoms with van der Waals surface area (Å²) in [6.45, 7) is 0. The van der Waals surface area contributed by atoms with Crippen LogP contribution < -0.4 is 9.86 Å². The van der Waals surface area contributed by atoms with Crippen molar-refractivity contribution in [3.05, 3.63) is 42.5 Å². The molecule has 3 aromatic rings. The molecule has 0 amide bonds. The maximum absolute atomic E-state index is 12.0. The van der Waals surface area contributed by atoms with Crippen molar-refractivity contribution in [3.63, 3.8) is 0 Å². The van der Waals surface area contributed by atoms with E-state index in [0.717, 1.165) is 7.11 Å². The molecule has 0 radical (unpaired) electrons. The van der Waals surface area contributed by atoms with Gasteiger partial charge in [0.25, 0.3) is 0 Å². The van der Waals surface area contributed by atoms with E-state index in [1.807, 2.05) is 0 Å². The number of rotatable bonds is 6. The molecule has 27 heavy (non-hydrogen) atoms. The van der Waals surface area contributed by atoms with Gasteiger partial charge in [0.1, 0.15) is 0 Å². The largest absolute Gasteiger partial charge is 0.359 e. The summed E-state index contributed by atoms with van der Waals surface area (Å²) >= 11 is 0. The lowest BCUT2D eigenvalue weighted by Gasteiger charge is -2.12. The van der Waals surface area contributed by atoms with Crippen molar-refractivity contribution in [3.8, 4) is 22.5 Å². The zero-order valence-corrected chi connectivity index (χ0v) is 15.5. The highest BCUT2D eigenvalue weighted by molar-refractivity contribution is 7.89. The van der Waals surface area contributed by atoms with Crippen LogP contribution in [-0.2, 0) is 24.5 Å². The van der Waals surface area contributed by atoms with Crippen LogP contribution in [0.15, 0.2) is 47.4 Å². The fourth-order valence-corrected chi connectivity index (χ4v) is 3.67. The molecule has 1 aromatic heterocycles. The van der Waals surface area contributed by atoms with E-state index in [-0.39, 0.29) is 22.0 Å². The minimum atomic E-state index is -4.06. The standard InChI is InChI=1S/C14H14N6O5S2/c1-25-27(23,24)18-10-7-5-9(6-8-10)11-3-2-4-12(26(15,21)22)13(11)14-16-19-20-17-14/h2-8,18H,1H3,(H2,15,21,22)(H,16,17,19,20). The molecule has 0 aliphatic heterocycles. The predicted octanol–water partition coefficient (Wildman–Crippen LogP) is 0.484. The van der Waals surface area contributed by atoms with E-state index in [0.29, 0.717) is 11.1 Å². The molecule has 1 heterocycles. The number of tetrazole rings is 1. The molecule has 0 saturated carbocycles. The summed E-state index contributed by atoms with van der Waals surface area (Å²) < 4.78 is 53.4. The van der Waals surface area contributed by atoms with Crippen molar-refractivity contribution in [1.82, 2.24) is 20.6 Å². The first-order valence-electron chi connectivity index (χ1n) is 7.30. The highest BCUT2D eigenvalue weighted by Gasteiger charge is 2.22. The Morgan fingerprint density at radius 3 is 2.33 bits per heavy atom. The molecule has 0 atom stereocenters. The van der Waals surface area contributed by atoms with Crippen LogP contribution in [0, 0.1) is 0 Å². The van der Waals surface area contributed by atoms with Crippen LogP contribution in [0.1, 0.15) is 0 Å². The number of sulfonamides is 1. The Morgan fingerprint density at radius 2 is 1.78 bits per heavy atom. The molecule has 0 aliphatic rings. The second-order valence-electron chi connectivity index (χ2n) is 5.26. The van der Waals surface area contributed by atoms with Crippen LogP contribution in [0.2, 0.25) is 0 Å². The molecule has 11 nitrogen and oxygen atoms in total. The van der Waals surface area contributed by atoms with Crippen molar-refractivity contribution in [2.24, 2.45) is 5.14 Å². The van der Waals surface area contributed by atoms with Gasteiger partial charge in [-0.25, -0.2) is 13.6 Å². The van der Waals surface area contributed by atoms with Crippen LogP contribution in [0.4, 0.5) is 5.69 Å². The van der Waals surface area contributed by atoms with E-state index in [4.69, 9.17) is 5.14 Å². The van der Waals surface area contributed by atoms with Gasteiger partial charge >= 0.3 is 10.3 Å². The average Bonchev–Trinajstić information content (AvgIpc) is 3.15. The van der Waals surface area contributed by atoms with E-state index in [1.54, 1.807) is 18.2 Å². The van der Waals surface area contributed by atoms with Gasteiger partial charge in [-0.2, -0.15) is 13.6 Å². The lowest BCUT2D eigenvalue weighted by molar-refractivity contribution is 0.402. The van der Waals surface area contributed by atoms with E-state index >= 15 is 0 Å². The summed E-state index contributed by atoms with van der Waals surface area (Å²) in [5.41, 5.74) is 1.51. The Morgan fingerprint density at radius 1 is 1.07 bits per heavy atom. The third-order valence-corrected chi connectivity index (χ3v) is 5.44. The normalized spacial score (nSPS) is 12.1. The fraction of sp³-hybridized carbons (Fsp3) is 0.0714. The summed E-state index contributed by atoms with van der Waals surface area (Å²) in [4.78, 5) is -0.162. The summed E-state index contributed by atoms with van der Waals surface area (Å²) in [5, 5.41) is 18.7. The van der Waals surface area contributed by atoms with Gasteiger partial charge in [0.2, 0.25) is 15.8 Å². The number of hydrogen-bond acceptors (Lipinski definition) is 8. The van der Waals surface area contributed by atoms with Crippen molar-refractivity contribution in [2.45, 2.75) is 4.90 Å². The number of nitrogens with two attached hydrogens (primary N) is 1. The second-order valence-corrected chi connectivity index (χ2v) is 8.23. The smallest absolute Gasteiger partial charge is 0.261 e. The van der Waals surface area contributed by atoms with Gasteiger partial charge in [-0.05, 0) is 34.5 Å². The van der Waals surface area contributed by atoms with Crippen LogP contribution in [0.3, 0.4) is 0 Å². The van der Waals surface area contributed by atoms with Crippen LogP contribution in [-0.4, -0.2) is 44.6 Å². The van der Waals surface area contributed by atoms with Crippen LogP contribution >= 0.6 is 0 Å². The maximum Gasteiger partial charge on any atom is 0.359 e. The van der Waals surface area contributed by atoms with Gasteiger partial charge in [0, 0.05) is 0 Å². The zero-order chi connectivity index (χ0) is 19.7. The first-order chi connectivity index (χ1) is 12.7. The fourth-order valence-electron chi connectivity index (χ4n) is 2.41. The number of aromatic nitrogens is 4. The zero-order valence-electron chi connectivity index (χ0n) is 13.8. The number of aromatic amines is 1. The topological polar surface area (TPSA) is 170 Å². The van der Waals surface area contributed by atoms with E-state index in [9.17, 15) is 16.8 Å². The molecule has 4 N–H and O–H groups in total. The van der Waals surface area contributed by atoms with Gasteiger partial charge in [-0.15, -0.1) is 10.2 Å². The van der Waals surface area contributed by atoms with Gasteiger partial charge in [-0.1, -0.05) is 24.3 Å². The third kappa shape index (κ3) is 4.11. The van der Waals surface area contributed by atoms with Crippen LogP contribution in [0.25, 0.3) is 22.5 Å². The molecule has 0 unspecified atom stereocenters. The summed E-state index contributed by atoms with van der Waals surface area (Å²) in [6.07, 6.45) is 0. The van der Waals surface area contributed by atoms with Crippen LogP contribution in [0.5, 0.6) is 0 Å². The Kier molecular flexibility index (Phi) is 4.93. The first-order valence-corrected chi connectivity index (χ1v) is 10.2. The Balaban J connectivity index is 2.13. The minimum Gasteiger partial charge on any atom is -0.261 e. The van der Waals surface area contributed by atoms with E-state index < -0.39 is 20.3 Å². The van der Waals surface area contributed by atoms with Gasteiger partial charge in [0.05, 0.1) is 23.3 Å². The highest BCUT2D eigenvalue weighted by atomic mass is 32.2. The number of anilines is 1. The van der Waals surface area contributed by atoms with Crippen molar-refractivity contribution in [2.75, 3.05) is 11.8 Å². The number of primary sulfonamides is 1. The lowest BCUT2D eigenvalue weighted by atomic mass is 9.99. The van der Waals surface area contributed by atoms with Crippen molar-refractivity contribution in [1.29, 1.82) is 0 Å². The molecule has 2 aromatic carbocycles. The van der Waals surface area contributed by atoms with Crippen molar-refractivity contribution < 1.29 is 21.0 Å². The second kappa shape index (κ2) is 7.03. The summed E-state index contributed by atoms with van der Waals surface area (Å²) in [7, 11) is -6.92. The molecule has 0 fully saturated rings. The van der Waals surface area contributed by atoms with E-state index in [2.05, 4.69) is 29.5 Å². The molecular formula is C14H14N6O5S2. The van der Waals surface area contributed by atoms with Gasteiger partial charge in [0.15, 0.2) is 0 Å². The quantitative estimate of drug-likeness (QED) is 0.527. The molecule has 3 rings (SSSR count). The Hall–Kier alpha value is -2.87. The number of nitrogens with one attached hydrogen (secondary N) is 2. The Labute approximate surface area is 154 Å². The minimum absolute atomic E-state index is 0.0544. The predicted molar refractivity (Wildman–Crippen MR) is 96.0 cm³/mol. The number of benzene rings is 2. The van der Waals surface area contributed by atoms with Crippen molar-refractivity contribution >= 4 is 26.0 Å². The molecule has 0 bridgehead atoms. The molecule has 13 heteroatoms. The third-order valence-electron chi connectivity index (χ3n) is 3.56. The summed E-state index contributed by atoms with van der Waals surface area (Å²) in [6, 6.07) is 10.7. The monoisotopic (exact) mass is 410 g/mol. The number of hydrogen-bond donors (Lipinski definition) is 3. The highest BCUT2D eigenvalue weighted by Crippen LogP contribution is 2.35. The lowest BCUT2D eigenvalue weighted by Crippen LogP contribution is -2.14. The summed E-state index contributed by atoms with van der Waals surface area (Å²) in [5.74, 6) is 0.0544. The molecule has 0 saturated heterocycles. The SMILES string of the molecule is COS(=O)(=O)Nc1ccc(-c2cccc(S(N)(=O)=O)c2-c2nn[nH]n2)cc1. The average molecular weight is 410 g/mol. The molecular weight excluding hydrogens is 396 g/mol. The molecule has 0 aliphatic carbocycles. The maximum atomic E-state index is 12.0. The van der Waals surface area contributed by atoms with E-state index in [1.165, 1.54) is 24.3 Å². The Bertz CT molecular complexity index is 1160. The molecule has 0 spiro atoms. The number of H-pyrrole nitrogens is 1. The molecule has 142 valence electrons. The first kappa shape index (κ1) is 18.9. The van der Waals surface area contributed by atoms with Gasteiger partial charge < -0.3 is 0 Å².